The Morgan fingerprint density at radius 1 is 0.267 bits per heavy atom. The van der Waals surface area contributed by atoms with Crippen molar-refractivity contribution in [3.05, 3.63) is 254 Å². The SMILES string of the molecule is CC(C)c1ccc(N(c2ccc3c(ccc4c5cc6oc7c8ccc(N(c9ccc(C(C)C)cc9)c9ccc%10c(c9)c9cccc%11c%12ccccc%12n%10c%119)cc8ccc7c6cc5oc34)c2)c2ccc3c(c2)c2cccc4c5ccccc5n3c42)cc1. The maximum absolute atomic E-state index is 6.97. The lowest BCUT2D eigenvalue weighted by atomic mass is 10.0. The van der Waals surface area contributed by atoms with Gasteiger partial charge >= 0.3 is 0 Å². The molecule has 6 heterocycles. The molecule has 0 amide bonds. The fourth-order valence-electron chi connectivity index (χ4n) is 14.9. The summed E-state index contributed by atoms with van der Waals surface area (Å²) in [4.78, 5) is 4.80. The lowest BCUT2D eigenvalue weighted by molar-refractivity contribution is 0.667. The molecule has 0 fully saturated rings. The van der Waals surface area contributed by atoms with Gasteiger partial charge in [-0.15, -0.1) is 0 Å². The Labute approximate surface area is 493 Å². The summed E-state index contributed by atoms with van der Waals surface area (Å²) < 4.78 is 18.8. The molecule has 6 nitrogen and oxygen atoms in total. The first-order valence-electron chi connectivity index (χ1n) is 30.1. The van der Waals surface area contributed by atoms with Gasteiger partial charge in [-0.05, 0) is 167 Å². The minimum Gasteiger partial charge on any atom is -0.455 e. The number of aromatic nitrogens is 2. The van der Waals surface area contributed by atoms with E-state index >= 15 is 0 Å². The molecule has 0 aliphatic heterocycles. The summed E-state index contributed by atoms with van der Waals surface area (Å²) in [5, 5.41) is 18.7. The van der Waals surface area contributed by atoms with Crippen LogP contribution in [-0.4, -0.2) is 8.80 Å². The number of para-hydroxylation sites is 4. The molecule has 13 aromatic carbocycles. The fraction of sp³-hybridized carbons (Fsp3) is 0.0750. The van der Waals surface area contributed by atoms with E-state index in [4.69, 9.17) is 8.83 Å². The molecule has 6 aromatic heterocycles. The van der Waals surface area contributed by atoms with E-state index in [1.807, 2.05) is 0 Å². The van der Waals surface area contributed by atoms with Crippen molar-refractivity contribution in [3.8, 4) is 0 Å². The number of hydrogen-bond donors (Lipinski definition) is 0. The molecule has 0 aliphatic rings. The largest absolute Gasteiger partial charge is 0.455 e. The van der Waals surface area contributed by atoms with Crippen LogP contribution in [0.15, 0.2) is 251 Å². The zero-order valence-corrected chi connectivity index (χ0v) is 47.9. The first-order valence-corrected chi connectivity index (χ1v) is 30.1. The Morgan fingerprint density at radius 2 is 0.616 bits per heavy atom. The van der Waals surface area contributed by atoms with Gasteiger partial charge in [-0.1, -0.05) is 137 Å². The molecule has 0 saturated carbocycles. The van der Waals surface area contributed by atoms with E-state index in [0.717, 1.165) is 99.5 Å². The Bertz CT molecular complexity index is 5660. The standard InChI is InChI=1S/C80H54N4O2/c1-45(2)47-19-25-51(26-20-47)81(55-31-37-73-67(41-55)63-15-9-13-61-59-11-5-7-17-71(59)83(73)77(61)63)53-29-35-57-49(39-53)23-33-65-69-43-76-70(44-75(69)85-79(57)65)66-34-24-50-40-54(30-36-58(50)80(66)86-76)82(52-27-21-48(22-28-52)46(3)4)56-32-38-74-68(42-56)64-16-10-14-62-60-12-6-8-18-72(60)84(74)78(62)64/h5-46H,1-4H3. The quantitative estimate of drug-likeness (QED) is 0.152. The number of hydrogen-bond acceptors (Lipinski definition) is 4. The van der Waals surface area contributed by atoms with Gasteiger partial charge in [-0.25, -0.2) is 0 Å². The van der Waals surface area contributed by atoms with Gasteiger partial charge in [0.2, 0.25) is 0 Å². The van der Waals surface area contributed by atoms with Crippen LogP contribution in [0, 0.1) is 0 Å². The molecule has 0 N–H and O–H groups in total. The maximum Gasteiger partial charge on any atom is 0.143 e. The van der Waals surface area contributed by atoms with Crippen molar-refractivity contribution in [1.82, 2.24) is 8.80 Å². The lowest BCUT2D eigenvalue weighted by Crippen LogP contribution is -2.10. The van der Waals surface area contributed by atoms with Crippen LogP contribution in [0.3, 0.4) is 0 Å². The van der Waals surface area contributed by atoms with Crippen molar-refractivity contribution >= 4 is 176 Å². The molecular weight excluding hydrogens is 1050 g/mol. The van der Waals surface area contributed by atoms with E-state index in [0.29, 0.717) is 11.8 Å². The maximum atomic E-state index is 6.97. The minimum atomic E-state index is 0.429. The monoisotopic (exact) mass is 1100 g/mol. The van der Waals surface area contributed by atoms with Gasteiger partial charge in [-0.3, -0.25) is 0 Å². The average molecular weight is 1100 g/mol. The van der Waals surface area contributed by atoms with Gasteiger partial charge in [0, 0.05) is 110 Å². The summed E-state index contributed by atoms with van der Waals surface area (Å²) in [6.45, 7) is 9.01. The van der Waals surface area contributed by atoms with Crippen LogP contribution >= 0.6 is 0 Å². The van der Waals surface area contributed by atoms with Crippen LogP contribution < -0.4 is 9.80 Å². The van der Waals surface area contributed by atoms with Gasteiger partial charge in [0.1, 0.15) is 22.3 Å². The molecular formula is C80H54N4O2. The van der Waals surface area contributed by atoms with Crippen molar-refractivity contribution in [1.29, 1.82) is 0 Å². The van der Waals surface area contributed by atoms with Gasteiger partial charge < -0.3 is 27.4 Å². The van der Waals surface area contributed by atoms with Crippen LogP contribution in [0.1, 0.15) is 50.7 Å². The normalized spacial score (nSPS) is 12.6. The smallest absolute Gasteiger partial charge is 0.143 e. The van der Waals surface area contributed by atoms with Crippen molar-refractivity contribution in [3.63, 3.8) is 0 Å². The number of fused-ring (bicyclic) bond motifs is 22. The zero-order valence-electron chi connectivity index (χ0n) is 47.9. The van der Waals surface area contributed by atoms with Gasteiger partial charge in [0.25, 0.3) is 0 Å². The van der Waals surface area contributed by atoms with E-state index in [9.17, 15) is 0 Å². The van der Waals surface area contributed by atoms with Crippen LogP contribution in [0.5, 0.6) is 0 Å². The number of furan rings is 2. The summed E-state index contributed by atoms with van der Waals surface area (Å²) >= 11 is 0. The Morgan fingerprint density at radius 3 is 1.05 bits per heavy atom. The second-order valence-corrected chi connectivity index (χ2v) is 24.4. The van der Waals surface area contributed by atoms with E-state index < -0.39 is 0 Å². The highest BCUT2D eigenvalue weighted by molar-refractivity contribution is 6.26. The molecule has 0 atom stereocenters. The molecule has 6 heteroatoms. The molecule has 406 valence electrons. The molecule has 0 unspecified atom stereocenters. The number of nitrogens with zero attached hydrogens (tertiary/aromatic N) is 4. The molecule has 0 aliphatic carbocycles. The average Bonchev–Trinajstić information content (AvgIpc) is 1.96. The summed E-state index contributed by atoms with van der Waals surface area (Å²) in [6.07, 6.45) is 0. The molecule has 19 rings (SSSR count). The van der Waals surface area contributed by atoms with Crippen LogP contribution in [-0.2, 0) is 0 Å². The summed E-state index contributed by atoms with van der Waals surface area (Å²) in [5.74, 6) is 0.858. The predicted molar refractivity (Wildman–Crippen MR) is 363 cm³/mol. The summed E-state index contributed by atoms with van der Waals surface area (Å²) in [5.41, 5.74) is 20.1. The zero-order chi connectivity index (χ0) is 56.8. The number of benzene rings is 13. The van der Waals surface area contributed by atoms with E-state index in [1.54, 1.807) is 0 Å². The highest BCUT2D eigenvalue weighted by Gasteiger charge is 2.24. The highest BCUT2D eigenvalue weighted by atomic mass is 16.3. The van der Waals surface area contributed by atoms with Crippen molar-refractivity contribution < 1.29 is 8.83 Å². The van der Waals surface area contributed by atoms with Gasteiger partial charge in [0.15, 0.2) is 0 Å². The number of anilines is 6. The first-order chi connectivity index (χ1) is 42.3. The second kappa shape index (κ2) is 17.4. The molecule has 86 heavy (non-hydrogen) atoms. The molecule has 0 saturated heterocycles. The lowest BCUT2D eigenvalue weighted by Gasteiger charge is -2.26. The molecule has 0 radical (unpaired) electrons. The summed E-state index contributed by atoms with van der Waals surface area (Å²) in [6, 6.07) is 90.0. The molecule has 19 aromatic rings. The van der Waals surface area contributed by atoms with Gasteiger partial charge in [-0.2, -0.15) is 0 Å². The number of rotatable bonds is 8. The van der Waals surface area contributed by atoms with E-state index in [2.05, 4.69) is 289 Å². The van der Waals surface area contributed by atoms with Gasteiger partial charge in [0.05, 0.1) is 33.1 Å². The van der Waals surface area contributed by atoms with Crippen molar-refractivity contribution in [2.45, 2.75) is 39.5 Å². The van der Waals surface area contributed by atoms with Crippen LogP contribution in [0.2, 0.25) is 0 Å². The third-order valence-corrected chi connectivity index (χ3v) is 19.1. The summed E-state index contributed by atoms with van der Waals surface area (Å²) in [7, 11) is 0. The van der Waals surface area contributed by atoms with Crippen molar-refractivity contribution in [2.75, 3.05) is 9.80 Å². The highest BCUT2D eigenvalue weighted by Crippen LogP contribution is 2.48. The Hall–Kier alpha value is -10.8. The molecule has 0 spiro atoms. The first kappa shape index (κ1) is 47.6. The van der Waals surface area contributed by atoms with Crippen LogP contribution in [0.25, 0.3) is 142 Å². The minimum absolute atomic E-state index is 0.429. The Balaban J connectivity index is 0.708. The van der Waals surface area contributed by atoms with Crippen LogP contribution in [0.4, 0.5) is 34.1 Å². The molecule has 0 bridgehead atoms. The topological polar surface area (TPSA) is 41.6 Å². The second-order valence-electron chi connectivity index (χ2n) is 24.4. The Kier molecular flexibility index (Phi) is 9.63. The third-order valence-electron chi connectivity index (χ3n) is 19.1. The fourth-order valence-corrected chi connectivity index (χ4v) is 14.9. The van der Waals surface area contributed by atoms with E-state index in [-0.39, 0.29) is 0 Å². The van der Waals surface area contributed by atoms with Crippen molar-refractivity contribution in [2.24, 2.45) is 0 Å². The van der Waals surface area contributed by atoms with E-state index in [1.165, 1.54) is 87.3 Å². The predicted octanol–water partition coefficient (Wildman–Crippen LogP) is 23.3. The third kappa shape index (κ3) is 6.55.